The third-order valence-electron chi connectivity index (χ3n) is 0.244. The van der Waals surface area contributed by atoms with Crippen LogP contribution in [0.25, 0.3) is 0 Å². The molecule has 0 aliphatic heterocycles. The molecule has 5 nitrogen and oxygen atoms in total. The molecule has 0 aliphatic carbocycles. The summed E-state index contributed by atoms with van der Waals surface area (Å²) in [5, 5.41) is 0. The Morgan fingerprint density at radius 1 is 1.57 bits per heavy atom. The second kappa shape index (κ2) is 2.22. The van der Waals surface area contributed by atoms with Crippen molar-refractivity contribution in [2.75, 3.05) is 6.26 Å². The van der Waals surface area contributed by atoms with E-state index in [0.29, 0.717) is 0 Å². The van der Waals surface area contributed by atoms with Crippen molar-refractivity contribution in [2.24, 2.45) is 5.84 Å². The minimum Gasteiger partial charge on any atom is -0.257 e. The van der Waals surface area contributed by atoms with E-state index in [1.54, 1.807) is 10.4 Å². The predicted molar refractivity (Wildman–Crippen MR) is 25.3 cm³/mol. The molecule has 0 fully saturated rings. The van der Waals surface area contributed by atoms with Gasteiger partial charge >= 0.3 is 0 Å². The number of sulfonamides is 1. The van der Waals surface area contributed by atoms with Gasteiger partial charge in [-0.25, -0.2) is 8.42 Å². The quantitative estimate of drug-likeness (QED) is 0.292. The summed E-state index contributed by atoms with van der Waals surface area (Å²) in [4.78, 5) is 1.78. The maximum atomic E-state index is 9.98. The maximum Gasteiger partial charge on any atom is 0.222 e. The zero-order valence-electron chi connectivity index (χ0n) is 3.80. The molecule has 44 valence electrons. The maximum absolute atomic E-state index is 9.98. The number of hydrogen-bond donors (Lipinski definition) is 3. The summed E-state index contributed by atoms with van der Waals surface area (Å²) in [5.74, 6) is 4.57. The molecule has 0 aromatic heterocycles. The van der Waals surface area contributed by atoms with Crippen molar-refractivity contribution >= 4 is 10.0 Å². The fraction of sp³-hybridized carbons (Fsp3) is 1.00. The van der Waals surface area contributed by atoms with Crippen LogP contribution in [0.1, 0.15) is 0 Å². The third kappa shape index (κ3) is 5.83. The van der Waals surface area contributed by atoms with Crippen molar-refractivity contribution < 1.29 is 8.42 Å². The fourth-order valence-electron chi connectivity index (χ4n) is 0.107. The topological polar surface area (TPSA) is 84.2 Å². The normalized spacial score (nSPS) is 11.7. The number of rotatable bonds is 2. The van der Waals surface area contributed by atoms with Crippen LogP contribution in [0.4, 0.5) is 0 Å². The first-order chi connectivity index (χ1) is 3.06. The Hall–Kier alpha value is -0.170. The molecule has 0 saturated heterocycles. The van der Waals surface area contributed by atoms with E-state index in [1.165, 1.54) is 0 Å². The molecule has 0 aliphatic rings. The molecule has 0 heterocycles. The van der Waals surface area contributed by atoms with Gasteiger partial charge in [0.05, 0.1) is 6.26 Å². The summed E-state index contributed by atoms with van der Waals surface area (Å²) in [6, 6.07) is 0. The lowest BCUT2D eigenvalue weighted by Crippen LogP contribution is -2.41. The Bertz CT molecular complexity index is 126. The van der Waals surface area contributed by atoms with E-state index < -0.39 is 10.0 Å². The van der Waals surface area contributed by atoms with E-state index >= 15 is 0 Å². The molecule has 6 heteroatoms. The highest BCUT2D eigenvalue weighted by Gasteiger charge is 1.92. The SMILES string of the molecule is CS(=O)(=O)NNN. The first-order valence-electron chi connectivity index (χ1n) is 1.48. The van der Waals surface area contributed by atoms with Gasteiger partial charge in [0.15, 0.2) is 0 Å². The van der Waals surface area contributed by atoms with Gasteiger partial charge in [0.2, 0.25) is 10.0 Å². The summed E-state index contributed by atoms with van der Waals surface area (Å²) in [6.07, 6.45) is 0.993. The standard InChI is InChI=1S/CH7N3O2S/c1-7(5,6)4-3-2/h3-4H,2H2,1H3. The minimum atomic E-state index is -3.16. The van der Waals surface area contributed by atoms with Crippen molar-refractivity contribution in [1.29, 1.82) is 0 Å². The first-order valence-corrected chi connectivity index (χ1v) is 3.38. The van der Waals surface area contributed by atoms with Gasteiger partial charge in [-0.15, -0.1) is 4.83 Å². The van der Waals surface area contributed by atoms with E-state index in [4.69, 9.17) is 0 Å². The Morgan fingerprint density at radius 2 is 2.00 bits per heavy atom. The Morgan fingerprint density at radius 3 is 2.00 bits per heavy atom. The summed E-state index contributed by atoms with van der Waals surface area (Å²) < 4.78 is 20.0. The second-order valence-corrected chi connectivity index (χ2v) is 2.77. The lowest BCUT2D eigenvalue weighted by Gasteiger charge is -1.93. The summed E-state index contributed by atoms with van der Waals surface area (Å²) in [5.41, 5.74) is 1.77. The van der Waals surface area contributed by atoms with Gasteiger partial charge in [0.1, 0.15) is 0 Å². The third-order valence-corrected chi connectivity index (χ3v) is 0.733. The highest BCUT2D eigenvalue weighted by molar-refractivity contribution is 7.88. The van der Waals surface area contributed by atoms with E-state index in [9.17, 15) is 8.42 Å². The lowest BCUT2D eigenvalue weighted by molar-refractivity contribution is 0.568. The van der Waals surface area contributed by atoms with Crippen LogP contribution in [-0.4, -0.2) is 14.7 Å². The van der Waals surface area contributed by atoms with E-state index in [0.717, 1.165) is 6.26 Å². The zero-order valence-corrected chi connectivity index (χ0v) is 4.62. The summed E-state index contributed by atoms with van der Waals surface area (Å²) >= 11 is 0. The van der Waals surface area contributed by atoms with Crippen molar-refractivity contribution in [2.45, 2.75) is 0 Å². The van der Waals surface area contributed by atoms with Crippen LogP contribution >= 0.6 is 0 Å². The first kappa shape index (κ1) is 6.83. The molecule has 4 N–H and O–H groups in total. The molecule has 0 spiro atoms. The lowest BCUT2D eigenvalue weighted by atomic mass is 12.0. The number of nitrogens with two attached hydrogens (primary N) is 1. The van der Waals surface area contributed by atoms with Gasteiger partial charge < -0.3 is 0 Å². The Balaban J connectivity index is 3.60. The second-order valence-electron chi connectivity index (χ2n) is 1.02. The fourth-order valence-corrected chi connectivity index (χ4v) is 0.321. The van der Waals surface area contributed by atoms with Gasteiger partial charge in [-0.3, -0.25) is 5.84 Å². The molecular formula is CH7N3O2S. The van der Waals surface area contributed by atoms with Crippen LogP contribution < -0.4 is 16.2 Å². The van der Waals surface area contributed by atoms with E-state index in [-0.39, 0.29) is 0 Å². The van der Waals surface area contributed by atoms with Crippen LogP contribution in [0.3, 0.4) is 0 Å². The molecule has 7 heavy (non-hydrogen) atoms. The van der Waals surface area contributed by atoms with E-state index in [2.05, 4.69) is 5.84 Å². The molecule has 0 saturated carbocycles. The number of nitrogens with one attached hydrogen (secondary N) is 2. The Labute approximate surface area is 41.9 Å². The molecule has 0 radical (unpaired) electrons. The molecule has 0 rings (SSSR count). The monoisotopic (exact) mass is 125 g/mol. The predicted octanol–water partition coefficient (Wildman–Crippen LogP) is -2.09. The van der Waals surface area contributed by atoms with Gasteiger partial charge in [-0.05, 0) is 0 Å². The van der Waals surface area contributed by atoms with Gasteiger partial charge in [-0.2, -0.15) is 5.53 Å². The zero-order chi connectivity index (χ0) is 5.91. The number of hydrazine groups is 2. The van der Waals surface area contributed by atoms with Crippen LogP contribution in [-0.2, 0) is 10.0 Å². The van der Waals surface area contributed by atoms with Gasteiger partial charge in [0.25, 0.3) is 0 Å². The molecule has 0 atom stereocenters. The van der Waals surface area contributed by atoms with Crippen LogP contribution in [0.5, 0.6) is 0 Å². The van der Waals surface area contributed by atoms with Crippen molar-refractivity contribution in [1.82, 2.24) is 10.4 Å². The highest BCUT2D eigenvalue weighted by Crippen LogP contribution is 1.62. The highest BCUT2D eigenvalue weighted by atomic mass is 32.2. The van der Waals surface area contributed by atoms with Crippen LogP contribution in [0.2, 0.25) is 0 Å². The van der Waals surface area contributed by atoms with Crippen molar-refractivity contribution in [3.63, 3.8) is 0 Å². The average molecular weight is 125 g/mol. The van der Waals surface area contributed by atoms with Crippen molar-refractivity contribution in [3.8, 4) is 0 Å². The van der Waals surface area contributed by atoms with Crippen LogP contribution in [0.15, 0.2) is 0 Å². The molecule has 0 amide bonds. The van der Waals surface area contributed by atoms with Gasteiger partial charge in [0, 0.05) is 0 Å². The van der Waals surface area contributed by atoms with Crippen LogP contribution in [0, 0.1) is 0 Å². The minimum absolute atomic E-state index is 0.993. The smallest absolute Gasteiger partial charge is 0.222 e. The molecular weight excluding hydrogens is 118 g/mol. The molecule has 0 aromatic rings. The van der Waals surface area contributed by atoms with E-state index in [1.807, 2.05) is 0 Å². The summed E-state index contributed by atoms with van der Waals surface area (Å²) in [7, 11) is -3.16. The summed E-state index contributed by atoms with van der Waals surface area (Å²) in [6.45, 7) is 0. The Kier molecular flexibility index (Phi) is 2.16. The molecule has 0 aromatic carbocycles. The molecule has 0 unspecified atom stereocenters. The number of hydrogen-bond acceptors (Lipinski definition) is 4. The molecule has 0 bridgehead atoms. The largest absolute Gasteiger partial charge is 0.257 e. The average Bonchev–Trinajstić information content (AvgIpc) is 1.30. The van der Waals surface area contributed by atoms with Gasteiger partial charge in [-0.1, -0.05) is 0 Å². The van der Waals surface area contributed by atoms with Crippen molar-refractivity contribution in [3.05, 3.63) is 0 Å².